The number of thioether (sulfide) groups is 1. The van der Waals surface area contributed by atoms with Gasteiger partial charge in [-0.05, 0) is 50.2 Å². The standard InChI is InChI=1S/C23H33FN4OS/c1-25-22(26-16-23(10-11-23)19-4-2-3-5-20(19)24)27-18-8-6-17(7-9-18)21(29)28-12-14-30-15-13-28/h2-5,17-18H,6-16H2,1H3,(H2,25,26,27). The molecule has 1 aromatic rings. The molecular formula is C23H33FN4OS. The summed E-state index contributed by atoms with van der Waals surface area (Å²) in [4.78, 5) is 19.2. The first-order chi connectivity index (χ1) is 14.6. The predicted molar refractivity (Wildman–Crippen MR) is 121 cm³/mol. The Morgan fingerprint density at radius 1 is 1.20 bits per heavy atom. The average Bonchev–Trinajstić information content (AvgIpc) is 3.58. The van der Waals surface area contributed by atoms with Crippen molar-refractivity contribution in [3.8, 4) is 0 Å². The molecule has 164 valence electrons. The fourth-order valence-electron chi connectivity index (χ4n) is 4.75. The Morgan fingerprint density at radius 3 is 2.53 bits per heavy atom. The van der Waals surface area contributed by atoms with Crippen LogP contribution in [0, 0.1) is 11.7 Å². The molecule has 1 amide bonds. The summed E-state index contributed by atoms with van der Waals surface area (Å²) in [6.07, 6.45) is 5.85. The van der Waals surface area contributed by atoms with Crippen molar-refractivity contribution in [1.29, 1.82) is 0 Å². The third-order valence-corrected chi connectivity index (χ3v) is 7.80. The van der Waals surface area contributed by atoms with Crippen molar-refractivity contribution in [3.05, 3.63) is 35.6 Å². The van der Waals surface area contributed by atoms with Crippen molar-refractivity contribution < 1.29 is 9.18 Å². The molecule has 30 heavy (non-hydrogen) atoms. The maximum atomic E-state index is 14.2. The lowest BCUT2D eigenvalue weighted by molar-refractivity contribution is -0.136. The number of carbonyl (C=O) groups excluding carboxylic acids is 1. The highest BCUT2D eigenvalue weighted by Crippen LogP contribution is 2.48. The van der Waals surface area contributed by atoms with Crippen LogP contribution in [0.2, 0.25) is 0 Å². The topological polar surface area (TPSA) is 56.7 Å². The minimum Gasteiger partial charge on any atom is -0.356 e. The Balaban J connectivity index is 1.24. The molecule has 2 saturated carbocycles. The summed E-state index contributed by atoms with van der Waals surface area (Å²) in [6, 6.07) is 7.44. The number of amides is 1. The van der Waals surface area contributed by atoms with Crippen LogP contribution in [0.1, 0.15) is 44.1 Å². The Kier molecular flexibility index (Phi) is 6.86. The van der Waals surface area contributed by atoms with Gasteiger partial charge in [-0.15, -0.1) is 0 Å². The molecule has 4 rings (SSSR count). The van der Waals surface area contributed by atoms with Crippen molar-refractivity contribution >= 4 is 23.6 Å². The third-order valence-electron chi connectivity index (χ3n) is 6.86. The summed E-state index contributed by atoms with van der Waals surface area (Å²) in [6.45, 7) is 2.50. The van der Waals surface area contributed by atoms with E-state index in [-0.39, 0.29) is 17.2 Å². The summed E-state index contributed by atoms with van der Waals surface area (Å²) in [5, 5.41) is 6.95. The largest absolute Gasteiger partial charge is 0.356 e. The van der Waals surface area contributed by atoms with E-state index in [1.807, 2.05) is 23.9 Å². The lowest BCUT2D eigenvalue weighted by Crippen LogP contribution is -2.48. The molecule has 1 aliphatic heterocycles. The number of nitrogens with zero attached hydrogens (tertiary/aromatic N) is 2. The second-order valence-electron chi connectivity index (χ2n) is 8.82. The van der Waals surface area contributed by atoms with E-state index in [4.69, 9.17) is 0 Å². The van der Waals surface area contributed by atoms with Crippen molar-refractivity contribution in [2.45, 2.75) is 50.0 Å². The van der Waals surface area contributed by atoms with Crippen LogP contribution in [-0.4, -0.2) is 61.0 Å². The molecule has 3 fully saturated rings. The summed E-state index contributed by atoms with van der Waals surface area (Å²) in [5.74, 6) is 3.34. The van der Waals surface area contributed by atoms with E-state index in [9.17, 15) is 9.18 Å². The van der Waals surface area contributed by atoms with Crippen LogP contribution in [0.5, 0.6) is 0 Å². The first kappa shape index (κ1) is 21.5. The molecule has 2 aliphatic carbocycles. The van der Waals surface area contributed by atoms with Gasteiger partial charge in [0, 0.05) is 55.6 Å². The number of hydrogen-bond donors (Lipinski definition) is 2. The van der Waals surface area contributed by atoms with Gasteiger partial charge in [-0.3, -0.25) is 9.79 Å². The third kappa shape index (κ3) is 4.93. The molecule has 0 spiro atoms. The normalized spacial score (nSPS) is 26.2. The monoisotopic (exact) mass is 432 g/mol. The molecule has 1 saturated heterocycles. The fourth-order valence-corrected chi connectivity index (χ4v) is 5.65. The fraction of sp³-hybridized carbons (Fsp3) is 0.652. The molecule has 0 bridgehead atoms. The summed E-state index contributed by atoms with van der Waals surface area (Å²) >= 11 is 1.94. The van der Waals surface area contributed by atoms with Crippen LogP contribution < -0.4 is 10.6 Å². The van der Waals surface area contributed by atoms with E-state index in [0.29, 0.717) is 18.5 Å². The van der Waals surface area contributed by atoms with Crippen molar-refractivity contribution in [1.82, 2.24) is 15.5 Å². The Bertz CT molecular complexity index is 768. The predicted octanol–water partition coefficient (Wildman–Crippen LogP) is 3.16. The number of guanidine groups is 1. The number of aliphatic imine (C=N–C) groups is 1. The van der Waals surface area contributed by atoms with Crippen LogP contribution in [0.25, 0.3) is 0 Å². The summed E-state index contributed by atoms with van der Waals surface area (Å²) in [7, 11) is 1.78. The highest BCUT2D eigenvalue weighted by atomic mass is 32.2. The molecule has 7 heteroatoms. The molecule has 0 radical (unpaired) electrons. The van der Waals surface area contributed by atoms with Gasteiger partial charge in [0.2, 0.25) is 5.91 Å². The number of halogens is 1. The molecule has 1 aromatic carbocycles. The van der Waals surface area contributed by atoms with Gasteiger partial charge in [0.25, 0.3) is 0 Å². The second-order valence-corrected chi connectivity index (χ2v) is 10.0. The minimum atomic E-state index is -0.116. The van der Waals surface area contributed by atoms with Crippen molar-refractivity contribution in [2.75, 3.05) is 38.2 Å². The number of benzene rings is 1. The highest BCUT2D eigenvalue weighted by Gasteiger charge is 2.46. The average molecular weight is 433 g/mol. The number of hydrogen-bond acceptors (Lipinski definition) is 3. The second kappa shape index (κ2) is 9.58. The van der Waals surface area contributed by atoms with Crippen molar-refractivity contribution in [2.24, 2.45) is 10.9 Å². The van der Waals surface area contributed by atoms with Crippen molar-refractivity contribution in [3.63, 3.8) is 0 Å². The molecule has 2 N–H and O–H groups in total. The molecule has 1 heterocycles. The number of nitrogens with one attached hydrogen (secondary N) is 2. The minimum absolute atomic E-state index is 0.111. The van der Waals surface area contributed by atoms with Gasteiger partial charge in [-0.1, -0.05) is 18.2 Å². The van der Waals surface area contributed by atoms with Crippen LogP contribution in [0.4, 0.5) is 4.39 Å². The van der Waals surface area contributed by atoms with Gasteiger partial charge in [0.15, 0.2) is 5.96 Å². The molecule has 3 aliphatic rings. The Labute approximate surface area is 183 Å². The molecular weight excluding hydrogens is 399 g/mol. The van der Waals surface area contributed by atoms with Crippen LogP contribution in [-0.2, 0) is 10.2 Å². The van der Waals surface area contributed by atoms with Crippen LogP contribution in [0.3, 0.4) is 0 Å². The summed E-state index contributed by atoms with van der Waals surface area (Å²) < 4.78 is 14.2. The highest BCUT2D eigenvalue weighted by molar-refractivity contribution is 7.99. The van der Waals surface area contributed by atoms with Gasteiger partial charge in [0.1, 0.15) is 5.82 Å². The molecule has 0 aromatic heterocycles. The zero-order valence-electron chi connectivity index (χ0n) is 17.8. The summed E-state index contributed by atoms with van der Waals surface area (Å²) in [5.41, 5.74) is 0.697. The van der Waals surface area contributed by atoms with Gasteiger partial charge in [-0.25, -0.2) is 4.39 Å². The molecule has 0 atom stereocenters. The van der Waals surface area contributed by atoms with E-state index in [0.717, 1.165) is 74.6 Å². The molecule has 0 unspecified atom stereocenters. The first-order valence-corrected chi connectivity index (χ1v) is 12.4. The lowest BCUT2D eigenvalue weighted by atomic mass is 9.85. The Hall–Kier alpha value is -1.76. The van der Waals surface area contributed by atoms with E-state index in [2.05, 4.69) is 20.5 Å². The van der Waals surface area contributed by atoms with E-state index >= 15 is 0 Å². The zero-order valence-corrected chi connectivity index (χ0v) is 18.6. The van der Waals surface area contributed by atoms with Gasteiger partial charge in [0.05, 0.1) is 0 Å². The lowest BCUT2D eigenvalue weighted by Gasteiger charge is -2.34. The maximum Gasteiger partial charge on any atom is 0.225 e. The van der Waals surface area contributed by atoms with E-state index < -0.39 is 0 Å². The number of rotatable bonds is 5. The van der Waals surface area contributed by atoms with Gasteiger partial charge < -0.3 is 15.5 Å². The van der Waals surface area contributed by atoms with E-state index in [1.165, 1.54) is 0 Å². The SMILES string of the molecule is CN=C(NCC1(c2ccccc2F)CC1)NC1CCC(C(=O)N2CCSCC2)CC1. The smallest absolute Gasteiger partial charge is 0.225 e. The number of carbonyl (C=O) groups is 1. The van der Waals surface area contributed by atoms with Gasteiger partial charge >= 0.3 is 0 Å². The quantitative estimate of drug-likeness (QED) is 0.554. The van der Waals surface area contributed by atoms with Crippen LogP contribution in [0.15, 0.2) is 29.3 Å². The van der Waals surface area contributed by atoms with E-state index in [1.54, 1.807) is 19.2 Å². The van der Waals surface area contributed by atoms with Crippen LogP contribution >= 0.6 is 11.8 Å². The Morgan fingerprint density at radius 2 is 1.90 bits per heavy atom. The maximum absolute atomic E-state index is 14.2. The zero-order chi connectivity index (χ0) is 21.0. The molecule has 5 nitrogen and oxygen atoms in total. The first-order valence-electron chi connectivity index (χ1n) is 11.2. The van der Waals surface area contributed by atoms with Gasteiger partial charge in [-0.2, -0.15) is 11.8 Å².